The number of nitrogens with zero attached hydrogens (tertiary/aromatic N) is 2. The highest BCUT2D eigenvalue weighted by Gasteiger charge is 2.30. The Kier molecular flexibility index (Phi) is 8.55. The number of carbonyl (C=O) groups is 2. The van der Waals surface area contributed by atoms with E-state index in [1.54, 1.807) is 17.0 Å². The number of hydrogen-bond acceptors (Lipinski definition) is 4. The summed E-state index contributed by atoms with van der Waals surface area (Å²) >= 11 is 0. The molecule has 0 atom stereocenters. The summed E-state index contributed by atoms with van der Waals surface area (Å²) in [5, 5.41) is 2.82. The number of nitrogens with one attached hydrogen (secondary N) is 1. The fourth-order valence-corrected chi connectivity index (χ4v) is 3.70. The quantitative estimate of drug-likeness (QED) is 0.517. The van der Waals surface area contributed by atoms with E-state index < -0.39 is 11.7 Å². The number of ether oxygens (including phenoxy) is 1. The molecule has 0 fully saturated rings. The molecule has 0 unspecified atom stereocenters. The third kappa shape index (κ3) is 7.48. The second kappa shape index (κ2) is 11.4. The fourth-order valence-electron chi connectivity index (χ4n) is 3.70. The lowest BCUT2D eigenvalue weighted by atomic mass is 10.0. The smallest absolute Gasteiger partial charge is 0.416 e. The Labute approximate surface area is 197 Å². The molecule has 0 aromatic heterocycles. The van der Waals surface area contributed by atoms with Crippen LogP contribution in [0.2, 0.25) is 0 Å². The van der Waals surface area contributed by atoms with Crippen molar-refractivity contribution in [2.75, 3.05) is 39.1 Å². The molecule has 6 nitrogen and oxygen atoms in total. The number of benzene rings is 2. The molecule has 0 bridgehead atoms. The molecule has 1 heterocycles. The second-order valence-electron chi connectivity index (χ2n) is 8.64. The number of hydrogen-bond donors (Lipinski definition) is 1. The number of fused-ring (bicyclic) bond motifs is 1. The van der Waals surface area contributed by atoms with Gasteiger partial charge >= 0.3 is 6.18 Å². The zero-order valence-corrected chi connectivity index (χ0v) is 19.5. The van der Waals surface area contributed by atoms with Gasteiger partial charge in [-0.1, -0.05) is 12.1 Å². The summed E-state index contributed by atoms with van der Waals surface area (Å²) in [7, 11) is 3.76. The first kappa shape index (κ1) is 25.6. The van der Waals surface area contributed by atoms with Crippen molar-refractivity contribution in [3.63, 3.8) is 0 Å². The van der Waals surface area contributed by atoms with Gasteiger partial charge in [-0.3, -0.25) is 9.59 Å². The number of aryl methyl sites for hydroxylation is 1. The topological polar surface area (TPSA) is 61.9 Å². The van der Waals surface area contributed by atoms with E-state index in [1.165, 1.54) is 6.07 Å². The van der Waals surface area contributed by atoms with E-state index in [1.807, 2.05) is 31.1 Å². The van der Waals surface area contributed by atoms with Crippen molar-refractivity contribution in [3.05, 3.63) is 59.2 Å². The number of carbonyl (C=O) groups excluding carboxylic acids is 2. The predicted octanol–water partition coefficient (Wildman–Crippen LogP) is 4.34. The van der Waals surface area contributed by atoms with Crippen molar-refractivity contribution in [2.45, 2.75) is 38.4 Å². The highest BCUT2D eigenvalue weighted by Crippen LogP contribution is 2.30. The molecular formula is C25H30F3N3O3. The molecule has 0 radical (unpaired) electrons. The van der Waals surface area contributed by atoms with E-state index >= 15 is 0 Å². The summed E-state index contributed by atoms with van der Waals surface area (Å²) in [6, 6.07) is 10.6. The minimum Gasteiger partial charge on any atom is -0.494 e. The zero-order chi connectivity index (χ0) is 24.7. The van der Waals surface area contributed by atoms with Crippen LogP contribution in [0, 0.1) is 0 Å². The molecule has 2 aromatic carbocycles. The maximum absolute atomic E-state index is 13.1. The van der Waals surface area contributed by atoms with Crippen LogP contribution in [-0.2, 0) is 28.7 Å². The first-order valence-electron chi connectivity index (χ1n) is 11.3. The summed E-state index contributed by atoms with van der Waals surface area (Å²) < 4.78 is 44.9. The van der Waals surface area contributed by atoms with Gasteiger partial charge in [-0.2, -0.15) is 13.2 Å². The SMILES string of the molecule is CN(C)CCN(Cc1cccc(C(F)(F)F)c1)C(=O)CCCOc1ccc2c(c1)CCC(=O)N2. The van der Waals surface area contributed by atoms with Crippen molar-refractivity contribution >= 4 is 17.5 Å². The van der Waals surface area contributed by atoms with Gasteiger partial charge in [-0.25, -0.2) is 0 Å². The zero-order valence-electron chi connectivity index (χ0n) is 19.5. The van der Waals surface area contributed by atoms with E-state index in [0.29, 0.717) is 50.3 Å². The van der Waals surface area contributed by atoms with Crippen LogP contribution >= 0.6 is 0 Å². The highest BCUT2D eigenvalue weighted by molar-refractivity contribution is 5.94. The van der Waals surface area contributed by atoms with E-state index in [9.17, 15) is 22.8 Å². The van der Waals surface area contributed by atoms with E-state index in [2.05, 4.69) is 5.32 Å². The monoisotopic (exact) mass is 477 g/mol. The van der Waals surface area contributed by atoms with Gasteiger partial charge in [0.05, 0.1) is 12.2 Å². The highest BCUT2D eigenvalue weighted by atomic mass is 19.4. The summed E-state index contributed by atoms with van der Waals surface area (Å²) in [5.41, 5.74) is 1.54. The Morgan fingerprint density at radius 1 is 1.09 bits per heavy atom. The van der Waals surface area contributed by atoms with Crippen LogP contribution in [0.5, 0.6) is 5.75 Å². The van der Waals surface area contributed by atoms with Gasteiger partial charge in [-0.15, -0.1) is 0 Å². The number of alkyl halides is 3. The van der Waals surface area contributed by atoms with Gasteiger partial charge in [0.15, 0.2) is 0 Å². The minimum atomic E-state index is -4.42. The third-order valence-electron chi connectivity index (χ3n) is 5.57. The molecule has 184 valence electrons. The Hall–Kier alpha value is -3.07. The first-order valence-corrected chi connectivity index (χ1v) is 11.3. The maximum Gasteiger partial charge on any atom is 0.416 e. The molecule has 0 saturated carbocycles. The van der Waals surface area contributed by atoms with Crippen molar-refractivity contribution in [2.24, 2.45) is 0 Å². The van der Waals surface area contributed by atoms with E-state index in [0.717, 1.165) is 23.4 Å². The lowest BCUT2D eigenvalue weighted by Crippen LogP contribution is -2.36. The molecule has 1 N–H and O–H groups in total. The Bertz CT molecular complexity index is 1010. The van der Waals surface area contributed by atoms with Gasteiger partial charge in [0, 0.05) is 38.2 Å². The first-order chi connectivity index (χ1) is 16.1. The van der Waals surface area contributed by atoms with Crippen LogP contribution in [0.4, 0.5) is 18.9 Å². The molecule has 9 heteroatoms. The molecule has 1 aliphatic heterocycles. The fraction of sp³-hybridized carbons (Fsp3) is 0.440. The molecular weight excluding hydrogens is 447 g/mol. The average molecular weight is 478 g/mol. The molecule has 2 aromatic rings. The van der Waals surface area contributed by atoms with Crippen molar-refractivity contribution in [1.82, 2.24) is 9.80 Å². The standard InChI is InChI=1S/C25H30F3N3O3/c1-30(2)12-13-31(17-18-5-3-6-20(15-18)25(26,27)28)24(33)7-4-14-34-21-9-10-22-19(16-21)8-11-23(32)29-22/h3,5-6,9-10,15-16H,4,7-8,11-14,17H2,1-2H3,(H,29,32). The van der Waals surface area contributed by atoms with Crippen LogP contribution < -0.4 is 10.1 Å². The normalized spacial score (nSPS) is 13.4. The van der Waals surface area contributed by atoms with Crippen molar-refractivity contribution < 1.29 is 27.5 Å². The van der Waals surface area contributed by atoms with Crippen LogP contribution in [0.3, 0.4) is 0 Å². The summed E-state index contributed by atoms with van der Waals surface area (Å²) in [4.78, 5) is 27.9. The maximum atomic E-state index is 13.1. The van der Waals surface area contributed by atoms with Crippen molar-refractivity contribution in [1.29, 1.82) is 0 Å². The van der Waals surface area contributed by atoms with Crippen LogP contribution in [0.1, 0.15) is 36.0 Å². The lowest BCUT2D eigenvalue weighted by Gasteiger charge is -2.25. The largest absolute Gasteiger partial charge is 0.494 e. The number of amides is 2. The molecule has 0 aliphatic carbocycles. The number of halogens is 3. The Morgan fingerprint density at radius 3 is 2.62 bits per heavy atom. The van der Waals surface area contributed by atoms with Crippen LogP contribution in [0.25, 0.3) is 0 Å². The summed E-state index contributed by atoms with van der Waals surface area (Å²) in [6.45, 7) is 1.47. The van der Waals surface area contributed by atoms with Gasteiger partial charge in [0.1, 0.15) is 5.75 Å². The average Bonchev–Trinajstić information content (AvgIpc) is 2.78. The molecule has 0 spiro atoms. The lowest BCUT2D eigenvalue weighted by molar-refractivity contribution is -0.137. The Balaban J connectivity index is 1.54. The molecule has 0 saturated heterocycles. The van der Waals surface area contributed by atoms with Gasteiger partial charge in [-0.05, 0) is 68.4 Å². The molecule has 1 aliphatic rings. The summed E-state index contributed by atoms with van der Waals surface area (Å²) in [6.07, 6.45) is -2.61. The van der Waals surface area contributed by atoms with Gasteiger partial charge < -0.3 is 19.9 Å². The van der Waals surface area contributed by atoms with Gasteiger partial charge in [0.2, 0.25) is 11.8 Å². The van der Waals surface area contributed by atoms with Crippen molar-refractivity contribution in [3.8, 4) is 5.75 Å². The van der Waals surface area contributed by atoms with Crippen LogP contribution in [-0.4, -0.2) is 55.4 Å². The summed E-state index contributed by atoms with van der Waals surface area (Å²) in [5.74, 6) is 0.551. The third-order valence-corrected chi connectivity index (χ3v) is 5.57. The van der Waals surface area contributed by atoms with Crippen LogP contribution in [0.15, 0.2) is 42.5 Å². The minimum absolute atomic E-state index is 0.00337. The van der Waals surface area contributed by atoms with Gasteiger partial charge in [0.25, 0.3) is 0 Å². The molecule has 2 amide bonds. The predicted molar refractivity (Wildman–Crippen MR) is 124 cm³/mol. The van der Waals surface area contributed by atoms with E-state index in [4.69, 9.17) is 4.74 Å². The Morgan fingerprint density at radius 2 is 1.88 bits per heavy atom. The number of rotatable bonds is 10. The second-order valence-corrected chi connectivity index (χ2v) is 8.64. The number of anilines is 1. The molecule has 34 heavy (non-hydrogen) atoms. The number of likely N-dealkylation sites (N-methyl/N-ethyl adjacent to an activating group) is 1. The van der Waals surface area contributed by atoms with E-state index in [-0.39, 0.29) is 24.8 Å². The molecule has 3 rings (SSSR count).